The molecule has 756 valence electrons. The summed E-state index contributed by atoms with van der Waals surface area (Å²) in [5.41, 5.74) is 0. The van der Waals surface area contributed by atoms with E-state index in [0.717, 1.165) is 129 Å². The fraction of sp³-hybridized carbons (Fsp3) is 0.802. The van der Waals surface area contributed by atoms with Gasteiger partial charge in [0.2, 0.25) is 0 Å². The van der Waals surface area contributed by atoms with Gasteiger partial charge in [0.1, 0.15) is 37.3 Å². The van der Waals surface area contributed by atoms with Gasteiger partial charge < -0.3 is 58.3 Å². The first-order chi connectivity index (χ1) is 62.9. The van der Waals surface area contributed by atoms with Crippen LogP contribution in [0.2, 0.25) is 0 Å². The van der Waals surface area contributed by atoms with Crippen LogP contribution in [0.1, 0.15) is 439 Å². The van der Waals surface area contributed by atoms with Crippen molar-refractivity contribution in [2.24, 2.45) is 17.8 Å². The lowest BCUT2D eigenvalue weighted by Crippen LogP contribution is -2.28. The average Bonchev–Trinajstić information content (AvgIpc) is 1.76. The lowest BCUT2D eigenvalue weighted by Gasteiger charge is -2.19. The average molecular weight is 1850 g/mol. The van der Waals surface area contributed by atoms with Crippen molar-refractivity contribution < 1.29 is 77.2 Å². The SMILES string of the molecule is CCCCC/C=C\C/C=C\CCCCCCCCOCC(COC(=O)CC1CCC(O)C1)OCCCCCCCC/C=C\C/C=C\CCCCC.CCCCC/C=C\C/C=C\CCCCCCCCOCC(COC(=O)CC1CCC(OC(=O)CCCN(C)C)C1)OCCCCCCCC/C=C\C/C=C\CCCCC.CN(C)CCCC(=O)O.Cl.O=C(O)CC1CCC(=O)C1. The highest BCUT2D eigenvalue weighted by atomic mass is 35.5. The lowest BCUT2D eigenvalue weighted by atomic mass is 10.0. The van der Waals surface area contributed by atoms with E-state index in [0.29, 0.717) is 71.6 Å². The Labute approximate surface area is 802 Å². The summed E-state index contributed by atoms with van der Waals surface area (Å²) in [5.74, 6) is -1.24. The summed E-state index contributed by atoms with van der Waals surface area (Å²) in [6.45, 7) is 14.9. The van der Waals surface area contributed by atoms with Crippen LogP contribution in [0.5, 0.6) is 0 Å². The molecule has 0 amide bonds. The Bertz CT molecular complexity index is 2800. The molecule has 0 aliphatic heterocycles. The Morgan fingerprint density at radius 3 is 0.985 bits per heavy atom. The molecule has 3 aliphatic rings. The highest BCUT2D eigenvalue weighted by Crippen LogP contribution is 2.32. The number of halogens is 1. The zero-order valence-electron chi connectivity index (χ0n) is 84.6. The first-order valence-corrected chi connectivity index (χ1v) is 52.9. The fourth-order valence-corrected chi connectivity index (χ4v) is 15.9. The molecule has 0 saturated heterocycles. The monoisotopic (exact) mass is 1850 g/mol. The maximum Gasteiger partial charge on any atom is 0.306 e. The number of carboxylic acids is 2. The molecule has 7 atom stereocenters. The molecular weight excluding hydrogens is 1650 g/mol. The van der Waals surface area contributed by atoms with E-state index in [1.54, 1.807) is 0 Å². The van der Waals surface area contributed by atoms with Gasteiger partial charge in [-0.15, -0.1) is 12.4 Å². The van der Waals surface area contributed by atoms with Crippen LogP contribution in [0, 0.1) is 17.8 Å². The molecule has 0 heterocycles. The van der Waals surface area contributed by atoms with E-state index in [1.165, 1.54) is 250 Å². The number of carbonyl (C=O) groups excluding carboxylic acids is 4. The Kier molecular flexibility index (Phi) is 97.6. The van der Waals surface area contributed by atoms with E-state index in [1.807, 2.05) is 33.1 Å². The number of aliphatic hydroxyl groups is 1. The highest BCUT2D eigenvalue weighted by Gasteiger charge is 2.31. The third-order valence-corrected chi connectivity index (χ3v) is 23.9. The number of unbranched alkanes of at least 4 members (excludes halogenated alkanes) is 36. The first kappa shape index (κ1) is 127. The van der Waals surface area contributed by atoms with Crippen molar-refractivity contribution in [1.82, 2.24) is 9.80 Å². The largest absolute Gasteiger partial charge is 0.481 e. The zero-order valence-corrected chi connectivity index (χ0v) is 85.4. The summed E-state index contributed by atoms with van der Waals surface area (Å²) >= 11 is 0. The van der Waals surface area contributed by atoms with Crippen molar-refractivity contribution in [2.75, 3.05) is 94.1 Å². The summed E-state index contributed by atoms with van der Waals surface area (Å²) in [4.78, 5) is 72.4. The molecule has 0 bridgehead atoms. The van der Waals surface area contributed by atoms with Gasteiger partial charge in [-0.2, -0.15) is 0 Å². The molecule has 7 unspecified atom stereocenters. The predicted octanol–water partition coefficient (Wildman–Crippen LogP) is 28.8. The Morgan fingerprint density at radius 1 is 0.346 bits per heavy atom. The van der Waals surface area contributed by atoms with Crippen molar-refractivity contribution in [2.45, 2.75) is 463 Å². The molecule has 3 rings (SSSR count). The number of carbonyl (C=O) groups is 6. The number of rotatable bonds is 85. The van der Waals surface area contributed by atoms with Crippen molar-refractivity contribution in [3.05, 3.63) is 97.2 Å². The van der Waals surface area contributed by atoms with Gasteiger partial charge in [0.15, 0.2) is 0 Å². The number of aliphatic carboxylic acids is 2. The minimum absolute atomic E-state index is 0. The molecule has 0 aromatic carbocycles. The molecule has 0 aromatic heterocycles. The molecule has 0 radical (unpaired) electrons. The van der Waals surface area contributed by atoms with Crippen molar-refractivity contribution >= 4 is 48.0 Å². The van der Waals surface area contributed by atoms with Gasteiger partial charge in [-0.05, 0) is 271 Å². The van der Waals surface area contributed by atoms with E-state index in [9.17, 15) is 33.9 Å². The number of aliphatic hydroxyl groups excluding tert-OH is 1. The van der Waals surface area contributed by atoms with Gasteiger partial charge in [0, 0.05) is 71.4 Å². The molecule has 18 nitrogen and oxygen atoms in total. The third kappa shape index (κ3) is 96.1. The van der Waals surface area contributed by atoms with Crippen LogP contribution >= 0.6 is 12.4 Å². The number of ketones is 1. The van der Waals surface area contributed by atoms with E-state index >= 15 is 0 Å². The Morgan fingerprint density at radius 2 is 0.669 bits per heavy atom. The van der Waals surface area contributed by atoms with Gasteiger partial charge in [-0.1, -0.05) is 279 Å². The van der Waals surface area contributed by atoms with E-state index < -0.39 is 11.9 Å². The first-order valence-electron chi connectivity index (χ1n) is 52.9. The highest BCUT2D eigenvalue weighted by molar-refractivity contribution is 5.85. The van der Waals surface area contributed by atoms with E-state index in [4.69, 9.17) is 43.4 Å². The molecule has 0 spiro atoms. The number of carboxylic acid groups (broad SMARTS) is 2. The number of hydrogen-bond acceptors (Lipinski definition) is 16. The second-order valence-electron chi connectivity index (χ2n) is 37.3. The van der Waals surface area contributed by atoms with Crippen molar-refractivity contribution in [3.63, 3.8) is 0 Å². The maximum absolute atomic E-state index is 12.9. The number of ether oxygens (including phenoxy) is 7. The maximum atomic E-state index is 12.9. The second-order valence-corrected chi connectivity index (χ2v) is 37.3. The molecule has 3 saturated carbocycles. The molecule has 3 aliphatic carbocycles. The normalized spacial score (nSPS) is 16.9. The van der Waals surface area contributed by atoms with Crippen LogP contribution in [-0.4, -0.2) is 179 Å². The molecule has 130 heavy (non-hydrogen) atoms. The van der Waals surface area contributed by atoms with Gasteiger partial charge in [0.05, 0.1) is 19.3 Å². The number of nitrogens with zero attached hydrogens (tertiary/aromatic N) is 2. The molecular formula is C111H199ClN2O16. The van der Waals surface area contributed by atoms with Gasteiger partial charge in [-0.3, -0.25) is 28.8 Å². The summed E-state index contributed by atoms with van der Waals surface area (Å²) in [7, 11) is 7.88. The molecule has 3 N–H and O–H groups in total. The number of esters is 3. The minimum atomic E-state index is -0.792. The quantitative estimate of drug-likeness (QED) is 0.0222. The van der Waals surface area contributed by atoms with Crippen molar-refractivity contribution in [1.29, 1.82) is 0 Å². The van der Waals surface area contributed by atoms with Gasteiger partial charge >= 0.3 is 29.8 Å². The van der Waals surface area contributed by atoms with Crippen LogP contribution in [0.4, 0.5) is 0 Å². The molecule has 19 heteroatoms. The number of Topliss-reactive ketones (excluding diaryl/α,β-unsaturated/α-hetero) is 1. The molecule has 3 fully saturated rings. The lowest BCUT2D eigenvalue weighted by molar-refractivity contribution is -0.152. The number of hydrogen-bond donors (Lipinski definition) is 3. The molecule has 0 aromatic rings. The van der Waals surface area contributed by atoms with Crippen LogP contribution in [0.3, 0.4) is 0 Å². The van der Waals surface area contributed by atoms with Crippen LogP contribution < -0.4 is 0 Å². The predicted molar refractivity (Wildman–Crippen MR) is 545 cm³/mol. The second kappa shape index (κ2) is 99.9. The zero-order chi connectivity index (χ0) is 94.2. The summed E-state index contributed by atoms with van der Waals surface area (Å²) < 4.78 is 41.6. The number of allylic oxidation sites excluding steroid dienone is 16. The van der Waals surface area contributed by atoms with Crippen LogP contribution in [0.25, 0.3) is 0 Å². The topological polar surface area (TPSA) is 234 Å². The fourth-order valence-electron chi connectivity index (χ4n) is 15.9. The summed E-state index contributed by atoms with van der Waals surface area (Å²) in [5, 5.41) is 26.3. The van der Waals surface area contributed by atoms with Crippen molar-refractivity contribution in [3.8, 4) is 0 Å². The Hall–Kier alpha value is -5.05. The van der Waals surface area contributed by atoms with E-state index in [-0.39, 0.29) is 104 Å². The Balaban J connectivity index is 0. The third-order valence-electron chi connectivity index (χ3n) is 23.9. The smallest absolute Gasteiger partial charge is 0.306 e. The van der Waals surface area contributed by atoms with Crippen LogP contribution in [0.15, 0.2) is 97.2 Å². The standard InChI is InChI=1S/C52H93NO6.C46H82O5.C7H10O3.C6H13NO2.ClH/c1-5-7-9-11-13-15-17-19-21-23-25-27-29-31-33-35-42-56-46-50(57-43-36-34-32-30-28-26-24-22-20-18-16-14-12-10-8-6-2)47-58-52(55)45-48-39-40-49(44-48)59-51(54)38-37-41-53(3)4;1-3-5-7-9-11-13-15-17-19-21-23-25-27-29-31-33-37-49-41-45(42-51-46(48)40-43-35-36-44(47)39-43)50-38-34-32-30-28-26-24-22-20-18-16-14-12-10-8-6-4-2;8-6-2-1-5(3-6)4-7(9)10;1-7(2)5-3-4-6(8)9;/h13-16,19-22,48-50H,5-12,17-18,23-47H2,1-4H3;11-14,17-20,43-45,47H,3-10,15-16,21-42H2,1-2H3;5H,1-4H2,(H,9,10);3-5H2,1-2H3,(H,8,9);1H/b15-13-,16-14-,21-19-,22-20-;13-11-,14-12-,19-17-,20-18-;;;. The van der Waals surface area contributed by atoms with Crippen LogP contribution in [-0.2, 0) is 61.9 Å². The minimum Gasteiger partial charge on any atom is -0.481 e. The summed E-state index contributed by atoms with van der Waals surface area (Å²) in [6, 6.07) is 0. The summed E-state index contributed by atoms with van der Waals surface area (Å²) in [6.07, 6.45) is 105. The van der Waals surface area contributed by atoms with Gasteiger partial charge in [-0.25, -0.2) is 0 Å². The van der Waals surface area contributed by atoms with Gasteiger partial charge in [0.25, 0.3) is 0 Å². The van der Waals surface area contributed by atoms with E-state index in [2.05, 4.69) is 130 Å².